The van der Waals surface area contributed by atoms with Gasteiger partial charge in [0, 0.05) is 4.47 Å². The molecule has 0 aromatic heterocycles. The van der Waals surface area contributed by atoms with Crippen LogP contribution in [0.3, 0.4) is 0 Å². The van der Waals surface area contributed by atoms with Gasteiger partial charge in [-0.2, -0.15) is 0 Å². The standard InChI is InChI=1S/C11H11BrO4/c1-16-10-4-8(12)6(3-9(10)13)5-2-7(5)11(14)15/h3-5,7,13H,2H2,1H3,(H,14,15). The number of halogens is 1. The zero-order valence-electron chi connectivity index (χ0n) is 8.61. The van der Waals surface area contributed by atoms with Crippen LogP contribution in [0.15, 0.2) is 16.6 Å². The molecule has 1 aromatic carbocycles. The van der Waals surface area contributed by atoms with Gasteiger partial charge in [-0.15, -0.1) is 0 Å². The molecule has 0 bridgehead atoms. The van der Waals surface area contributed by atoms with Crippen molar-refractivity contribution in [2.45, 2.75) is 12.3 Å². The van der Waals surface area contributed by atoms with Gasteiger partial charge in [0.1, 0.15) is 0 Å². The average molecular weight is 287 g/mol. The van der Waals surface area contributed by atoms with E-state index in [1.165, 1.54) is 7.11 Å². The highest BCUT2D eigenvalue weighted by Gasteiger charge is 2.45. The van der Waals surface area contributed by atoms with E-state index in [0.717, 1.165) is 10.0 Å². The van der Waals surface area contributed by atoms with E-state index in [1.54, 1.807) is 12.1 Å². The maximum absolute atomic E-state index is 10.8. The molecule has 2 unspecified atom stereocenters. The molecule has 0 aliphatic heterocycles. The van der Waals surface area contributed by atoms with Crippen molar-refractivity contribution in [3.63, 3.8) is 0 Å². The summed E-state index contributed by atoms with van der Waals surface area (Å²) in [6.45, 7) is 0. The first kappa shape index (κ1) is 11.3. The van der Waals surface area contributed by atoms with Gasteiger partial charge in [-0.3, -0.25) is 4.79 Å². The highest BCUT2D eigenvalue weighted by atomic mass is 79.9. The Morgan fingerprint density at radius 1 is 1.56 bits per heavy atom. The fourth-order valence-electron chi connectivity index (χ4n) is 1.82. The largest absolute Gasteiger partial charge is 0.504 e. The van der Waals surface area contributed by atoms with Crippen LogP contribution in [0.2, 0.25) is 0 Å². The summed E-state index contributed by atoms with van der Waals surface area (Å²) in [6, 6.07) is 3.22. The van der Waals surface area contributed by atoms with Crippen molar-refractivity contribution in [3.8, 4) is 11.5 Å². The monoisotopic (exact) mass is 286 g/mol. The van der Waals surface area contributed by atoms with Crippen LogP contribution in [0.4, 0.5) is 0 Å². The lowest BCUT2D eigenvalue weighted by atomic mass is 10.1. The van der Waals surface area contributed by atoms with Crippen LogP contribution < -0.4 is 4.74 Å². The van der Waals surface area contributed by atoms with Gasteiger partial charge < -0.3 is 14.9 Å². The van der Waals surface area contributed by atoms with Crippen molar-refractivity contribution in [1.82, 2.24) is 0 Å². The number of aliphatic carboxylic acids is 1. The fraction of sp³-hybridized carbons (Fsp3) is 0.364. The average Bonchev–Trinajstić information content (AvgIpc) is 3.00. The summed E-state index contributed by atoms with van der Waals surface area (Å²) < 4.78 is 5.73. The molecular formula is C11H11BrO4. The molecule has 1 fully saturated rings. The van der Waals surface area contributed by atoms with E-state index in [-0.39, 0.29) is 17.6 Å². The van der Waals surface area contributed by atoms with Crippen LogP contribution in [0.1, 0.15) is 17.9 Å². The molecule has 1 aliphatic carbocycles. The summed E-state index contributed by atoms with van der Waals surface area (Å²) in [6.07, 6.45) is 0.625. The second-order valence-electron chi connectivity index (χ2n) is 3.83. The van der Waals surface area contributed by atoms with Crippen LogP contribution >= 0.6 is 15.9 Å². The topological polar surface area (TPSA) is 66.8 Å². The van der Waals surface area contributed by atoms with Crippen LogP contribution in [-0.4, -0.2) is 23.3 Å². The fourth-order valence-corrected chi connectivity index (χ4v) is 2.44. The Kier molecular flexibility index (Phi) is 2.80. The first-order chi connectivity index (χ1) is 7.54. The third kappa shape index (κ3) is 1.87. The van der Waals surface area contributed by atoms with Crippen molar-refractivity contribution < 1.29 is 19.7 Å². The molecule has 16 heavy (non-hydrogen) atoms. The van der Waals surface area contributed by atoms with Crippen LogP contribution in [0.5, 0.6) is 11.5 Å². The van der Waals surface area contributed by atoms with E-state index in [9.17, 15) is 9.90 Å². The van der Waals surface area contributed by atoms with Gasteiger partial charge in [-0.05, 0) is 30.0 Å². The molecule has 0 heterocycles. The predicted octanol–water partition coefficient (Wildman–Crippen LogP) is 2.35. The van der Waals surface area contributed by atoms with Gasteiger partial charge in [0.25, 0.3) is 0 Å². The van der Waals surface area contributed by atoms with Crippen LogP contribution in [-0.2, 0) is 4.79 Å². The van der Waals surface area contributed by atoms with Crippen molar-refractivity contribution in [2.75, 3.05) is 7.11 Å². The Morgan fingerprint density at radius 2 is 2.25 bits per heavy atom. The Labute approximate surface area is 101 Å². The maximum Gasteiger partial charge on any atom is 0.307 e. The smallest absolute Gasteiger partial charge is 0.307 e. The Bertz CT molecular complexity index is 444. The molecule has 2 atom stereocenters. The predicted molar refractivity (Wildman–Crippen MR) is 60.8 cm³/mol. The molecule has 0 spiro atoms. The molecule has 86 valence electrons. The first-order valence-electron chi connectivity index (χ1n) is 4.83. The Hall–Kier alpha value is -1.23. The van der Waals surface area contributed by atoms with Crippen molar-refractivity contribution in [2.24, 2.45) is 5.92 Å². The third-order valence-electron chi connectivity index (χ3n) is 2.81. The van der Waals surface area contributed by atoms with E-state index in [0.29, 0.717) is 12.2 Å². The van der Waals surface area contributed by atoms with E-state index in [1.807, 2.05) is 0 Å². The SMILES string of the molecule is COc1cc(Br)c(C2CC2C(=O)O)cc1O. The van der Waals surface area contributed by atoms with Gasteiger partial charge in [0.15, 0.2) is 11.5 Å². The molecule has 1 saturated carbocycles. The van der Waals surface area contributed by atoms with Crippen molar-refractivity contribution in [3.05, 3.63) is 22.2 Å². The molecule has 2 N–H and O–H groups in total. The summed E-state index contributed by atoms with van der Waals surface area (Å²) in [7, 11) is 1.47. The van der Waals surface area contributed by atoms with E-state index in [2.05, 4.69) is 15.9 Å². The number of carbonyl (C=O) groups is 1. The second-order valence-corrected chi connectivity index (χ2v) is 4.69. The summed E-state index contributed by atoms with van der Waals surface area (Å²) in [5.74, 6) is -0.708. The Balaban J connectivity index is 2.30. The molecule has 5 heteroatoms. The van der Waals surface area contributed by atoms with Gasteiger partial charge in [-0.25, -0.2) is 0 Å². The minimum Gasteiger partial charge on any atom is -0.504 e. The second kappa shape index (κ2) is 3.97. The van der Waals surface area contributed by atoms with Gasteiger partial charge >= 0.3 is 5.97 Å². The highest BCUT2D eigenvalue weighted by molar-refractivity contribution is 9.10. The molecule has 1 aromatic rings. The minimum absolute atomic E-state index is 0.0105. The lowest BCUT2D eigenvalue weighted by Crippen LogP contribution is -1.99. The van der Waals surface area contributed by atoms with Crippen molar-refractivity contribution >= 4 is 21.9 Å². The van der Waals surface area contributed by atoms with E-state index >= 15 is 0 Å². The van der Waals surface area contributed by atoms with E-state index in [4.69, 9.17) is 9.84 Å². The number of benzene rings is 1. The number of ether oxygens (including phenoxy) is 1. The van der Waals surface area contributed by atoms with Gasteiger partial charge in [0.05, 0.1) is 13.0 Å². The third-order valence-corrected chi connectivity index (χ3v) is 3.49. The summed E-state index contributed by atoms with van der Waals surface area (Å²) >= 11 is 3.36. The molecule has 0 radical (unpaired) electrons. The van der Waals surface area contributed by atoms with Gasteiger partial charge in [0.2, 0.25) is 0 Å². The number of phenols is 1. The molecule has 0 saturated heterocycles. The number of aromatic hydroxyl groups is 1. The van der Waals surface area contributed by atoms with Crippen LogP contribution in [0, 0.1) is 5.92 Å². The zero-order valence-corrected chi connectivity index (χ0v) is 10.2. The number of carboxylic acids is 1. The summed E-state index contributed by atoms with van der Waals surface area (Å²) in [5.41, 5.74) is 0.825. The number of methoxy groups -OCH3 is 1. The highest BCUT2D eigenvalue weighted by Crippen LogP contribution is 2.51. The van der Waals surface area contributed by atoms with Gasteiger partial charge in [-0.1, -0.05) is 15.9 Å². The van der Waals surface area contributed by atoms with Crippen molar-refractivity contribution in [1.29, 1.82) is 0 Å². The molecule has 2 rings (SSSR count). The normalized spacial score (nSPS) is 22.9. The number of hydrogen-bond donors (Lipinski definition) is 2. The minimum atomic E-state index is -0.785. The zero-order chi connectivity index (χ0) is 11.9. The molecule has 1 aliphatic rings. The molecular weight excluding hydrogens is 276 g/mol. The number of phenolic OH excluding ortho intramolecular Hbond substituents is 1. The first-order valence-corrected chi connectivity index (χ1v) is 5.63. The maximum atomic E-state index is 10.8. The number of carboxylic acid groups (broad SMARTS) is 1. The lowest BCUT2D eigenvalue weighted by Gasteiger charge is -2.08. The molecule has 0 amide bonds. The lowest BCUT2D eigenvalue weighted by molar-refractivity contribution is -0.138. The number of rotatable bonds is 3. The summed E-state index contributed by atoms with van der Waals surface area (Å²) in [5, 5.41) is 18.5. The number of hydrogen-bond acceptors (Lipinski definition) is 3. The molecule has 4 nitrogen and oxygen atoms in total. The Morgan fingerprint density at radius 3 is 2.75 bits per heavy atom. The quantitative estimate of drug-likeness (QED) is 0.895. The van der Waals surface area contributed by atoms with Crippen LogP contribution in [0.25, 0.3) is 0 Å². The summed E-state index contributed by atoms with van der Waals surface area (Å²) in [4.78, 5) is 10.8. The van der Waals surface area contributed by atoms with E-state index < -0.39 is 5.97 Å².